The molecule has 0 saturated heterocycles. The number of aryl methyl sites for hydroxylation is 1. The van der Waals surface area contributed by atoms with Crippen LogP contribution in [0.5, 0.6) is 5.75 Å². The number of aromatic nitrogens is 2. The molecule has 0 fully saturated rings. The molecule has 4 aromatic rings. The van der Waals surface area contributed by atoms with Crippen molar-refractivity contribution in [1.29, 1.82) is 0 Å². The average Bonchev–Trinajstić information content (AvgIpc) is 2.68. The molecule has 1 heterocycles. The van der Waals surface area contributed by atoms with E-state index in [0.29, 0.717) is 23.3 Å². The normalized spacial score (nSPS) is 10.8. The molecule has 0 spiro atoms. The van der Waals surface area contributed by atoms with Gasteiger partial charge in [-0.3, -0.25) is 4.79 Å². The van der Waals surface area contributed by atoms with Crippen LogP contribution < -0.4 is 10.3 Å². The summed E-state index contributed by atoms with van der Waals surface area (Å²) in [6, 6.07) is 23.2. The van der Waals surface area contributed by atoms with Crippen molar-refractivity contribution in [1.82, 2.24) is 9.97 Å². The van der Waals surface area contributed by atoms with E-state index >= 15 is 0 Å². The molecular weight excluding hydrogens is 324 g/mol. The lowest BCUT2D eigenvalue weighted by molar-refractivity contribution is 0.304. The van der Waals surface area contributed by atoms with Crippen molar-refractivity contribution in [3.63, 3.8) is 0 Å². The molecular formula is C22H18N2O2. The highest BCUT2D eigenvalue weighted by molar-refractivity contribution is 5.79. The van der Waals surface area contributed by atoms with Crippen LogP contribution in [0.3, 0.4) is 0 Å². The van der Waals surface area contributed by atoms with Crippen LogP contribution in [0.1, 0.15) is 11.1 Å². The molecule has 26 heavy (non-hydrogen) atoms. The first-order valence-electron chi connectivity index (χ1n) is 8.47. The molecule has 0 aliphatic rings. The molecule has 4 rings (SSSR count). The Morgan fingerprint density at radius 1 is 0.962 bits per heavy atom. The van der Waals surface area contributed by atoms with E-state index in [1.165, 1.54) is 0 Å². The van der Waals surface area contributed by atoms with Gasteiger partial charge in [0.2, 0.25) is 0 Å². The van der Waals surface area contributed by atoms with Crippen LogP contribution in [0.25, 0.3) is 22.3 Å². The third kappa shape index (κ3) is 3.22. The van der Waals surface area contributed by atoms with Gasteiger partial charge in [-0.25, -0.2) is 4.98 Å². The summed E-state index contributed by atoms with van der Waals surface area (Å²) in [5.74, 6) is 1.38. The van der Waals surface area contributed by atoms with Gasteiger partial charge in [0.1, 0.15) is 18.2 Å². The first-order chi connectivity index (χ1) is 12.7. The summed E-state index contributed by atoms with van der Waals surface area (Å²) in [5, 5.41) is 0.593. The van der Waals surface area contributed by atoms with E-state index in [1.54, 1.807) is 6.07 Å². The largest absolute Gasteiger partial charge is 0.489 e. The monoisotopic (exact) mass is 342 g/mol. The zero-order valence-corrected chi connectivity index (χ0v) is 14.4. The Morgan fingerprint density at radius 2 is 1.73 bits per heavy atom. The topological polar surface area (TPSA) is 55.0 Å². The first-order valence-corrected chi connectivity index (χ1v) is 8.47. The van der Waals surface area contributed by atoms with Crippen LogP contribution in [0.2, 0.25) is 0 Å². The molecule has 0 aliphatic carbocycles. The van der Waals surface area contributed by atoms with Crippen molar-refractivity contribution >= 4 is 10.9 Å². The number of ether oxygens (including phenoxy) is 1. The highest BCUT2D eigenvalue weighted by Gasteiger charge is 2.08. The number of nitrogens with zero attached hydrogens (tertiary/aromatic N) is 1. The highest BCUT2D eigenvalue weighted by Crippen LogP contribution is 2.25. The molecule has 1 N–H and O–H groups in total. The van der Waals surface area contributed by atoms with Gasteiger partial charge >= 0.3 is 0 Å². The molecule has 0 saturated carbocycles. The first kappa shape index (κ1) is 16.1. The van der Waals surface area contributed by atoms with E-state index in [-0.39, 0.29) is 5.56 Å². The highest BCUT2D eigenvalue weighted by atomic mass is 16.5. The van der Waals surface area contributed by atoms with Crippen LogP contribution >= 0.6 is 0 Å². The fraction of sp³-hybridized carbons (Fsp3) is 0.0909. The van der Waals surface area contributed by atoms with E-state index in [2.05, 4.69) is 9.97 Å². The SMILES string of the molecule is Cc1cc(-c2nc3ccccc3c(=O)[nH]2)ccc1OCc1ccccc1. The maximum absolute atomic E-state index is 12.3. The predicted molar refractivity (Wildman–Crippen MR) is 103 cm³/mol. The molecule has 0 unspecified atom stereocenters. The molecule has 0 atom stereocenters. The number of benzene rings is 3. The molecule has 3 aromatic carbocycles. The summed E-state index contributed by atoms with van der Waals surface area (Å²) >= 11 is 0. The number of hydrogen-bond donors (Lipinski definition) is 1. The Bertz CT molecular complexity index is 1120. The lowest BCUT2D eigenvalue weighted by Crippen LogP contribution is -2.09. The summed E-state index contributed by atoms with van der Waals surface area (Å²) in [4.78, 5) is 19.7. The van der Waals surface area contributed by atoms with Crippen LogP contribution in [0.4, 0.5) is 0 Å². The van der Waals surface area contributed by atoms with Crippen molar-refractivity contribution in [3.8, 4) is 17.1 Å². The van der Waals surface area contributed by atoms with Crippen molar-refractivity contribution in [2.45, 2.75) is 13.5 Å². The summed E-state index contributed by atoms with van der Waals surface area (Å²) in [6.07, 6.45) is 0. The smallest absolute Gasteiger partial charge is 0.259 e. The number of aromatic amines is 1. The van der Waals surface area contributed by atoms with Crippen molar-refractivity contribution in [3.05, 3.63) is 94.3 Å². The van der Waals surface area contributed by atoms with Crippen LogP contribution in [0.15, 0.2) is 77.6 Å². The number of hydrogen-bond acceptors (Lipinski definition) is 3. The van der Waals surface area contributed by atoms with E-state index in [4.69, 9.17) is 4.74 Å². The minimum Gasteiger partial charge on any atom is -0.489 e. The Labute approximate surface area is 151 Å². The molecule has 0 aliphatic heterocycles. The maximum Gasteiger partial charge on any atom is 0.259 e. The fourth-order valence-corrected chi connectivity index (χ4v) is 2.92. The van der Waals surface area contributed by atoms with Gasteiger partial charge in [0.15, 0.2) is 0 Å². The fourth-order valence-electron chi connectivity index (χ4n) is 2.92. The zero-order chi connectivity index (χ0) is 17.9. The number of nitrogens with one attached hydrogen (secondary N) is 1. The number of para-hydroxylation sites is 1. The van der Waals surface area contributed by atoms with Crippen LogP contribution in [0, 0.1) is 6.92 Å². The molecule has 128 valence electrons. The Morgan fingerprint density at radius 3 is 2.54 bits per heavy atom. The second kappa shape index (κ2) is 6.84. The third-order valence-electron chi connectivity index (χ3n) is 4.30. The quantitative estimate of drug-likeness (QED) is 0.595. The summed E-state index contributed by atoms with van der Waals surface area (Å²) in [7, 11) is 0. The average molecular weight is 342 g/mol. The van der Waals surface area contributed by atoms with Gasteiger partial charge in [0.25, 0.3) is 5.56 Å². The second-order valence-electron chi connectivity index (χ2n) is 6.19. The van der Waals surface area contributed by atoms with Gasteiger partial charge in [-0.1, -0.05) is 42.5 Å². The van der Waals surface area contributed by atoms with Gasteiger partial charge < -0.3 is 9.72 Å². The molecule has 4 heteroatoms. The van der Waals surface area contributed by atoms with Crippen LogP contribution in [-0.2, 0) is 6.61 Å². The van der Waals surface area contributed by atoms with Gasteiger partial charge in [-0.2, -0.15) is 0 Å². The van der Waals surface area contributed by atoms with Gasteiger partial charge in [-0.15, -0.1) is 0 Å². The molecule has 0 amide bonds. The van der Waals surface area contributed by atoms with E-state index in [9.17, 15) is 4.79 Å². The lowest BCUT2D eigenvalue weighted by atomic mass is 10.1. The van der Waals surface area contributed by atoms with E-state index in [0.717, 1.165) is 22.4 Å². The number of H-pyrrole nitrogens is 1. The molecule has 0 radical (unpaired) electrons. The molecule has 0 bridgehead atoms. The van der Waals surface area contributed by atoms with Gasteiger partial charge in [0.05, 0.1) is 10.9 Å². The summed E-state index contributed by atoms with van der Waals surface area (Å²) in [6.45, 7) is 2.51. The second-order valence-corrected chi connectivity index (χ2v) is 6.19. The maximum atomic E-state index is 12.3. The molecule has 1 aromatic heterocycles. The standard InChI is InChI=1S/C22H18N2O2/c1-15-13-17(11-12-20(15)26-14-16-7-3-2-4-8-16)21-23-19-10-6-5-9-18(19)22(25)24-21/h2-13H,14H2,1H3,(H,23,24,25). The van der Waals surface area contributed by atoms with Gasteiger partial charge in [-0.05, 0) is 48.4 Å². The van der Waals surface area contributed by atoms with E-state index < -0.39 is 0 Å². The Balaban J connectivity index is 1.62. The third-order valence-corrected chi connectivity index (χ3v) is 4.30. The predicted octanol–water partition coefficient (Wildman–Crippen LogP) is 4.48. The minimum absolute atomic E-state index is 0.132. The van der Waals surface area contributed by atoms with Crippen molar-refractivity contribution < 1.29 is 4.74 Å². The van der Waals surface area contributed by atoms with E-state index in [1.807, 2.05) is 73.7 Å². The van der Waals surface area contributed by atoms with Gasteiger partial charge in [0, 0.05) is 5.56 Å². The lowest BCUT2D eigenvalue weighted by Gasteiger charge is -2.11. The number of fused-ring (bicyclic) bond motifs is 1. The van der Waals surface area contributed by atoms with Crippen LogP contribution in [-0.4, -0.2) is 9.97 Å². The summed E-state index contributed by atoms with van der Waals surface area (Å²) < 4.78 is 5.92. The Kier molecular flexibility index (Phi) is 4.23. The van der Waals surface area contributed by atoms with Crippen molar-refractivity contribution in [2.75, 3.05) is 0 Å². The van der Waals surface area contributed by atoms with Crippen molar-refractivity contribution in [2.24, 2.45) is 0 Å². The number of rotatable bonds is 4. The zero-order valence-electron chi connectivity index (χ0n) is 14.4. The summed E-state index contributed by atoms with van der Waals surface area (Å²) in [5.41, 5.74) is 3.53. The molecule has 4 nitrogen and oxygen atoms in total. The minimum atomic E-state index is -0.132. The Hall–Kier alpha value is -3.40.